The van der Waals surface area contributed by atoms with Gasteiger partial charge in [-0.3, -0.25) is 4.79 Å². The molecule has 1 N–H and O–H groups in total. The van der Waals surface area contributed by atoms with Gasteiger partial charge in [-0.15, -0.1) is 16.9 Å². The van der Waals surface area contributed by atoms with Crippen LogP contribution in [0, 0.1) is 0 Å². The maximum Gasteiger partial charge on any atom is 0.274 e. The standard InChI is InChI=1S/C22H23N5O2S/c1-2-23-21(28)15-8-12-17(13-9-15)27-19(14-30-18-6-4-3-5-7-18)20(25-26-27)22(29)24-16-10-11-16/h3-9,12-13,16H,2,10-11,14H2,1H3,(H,23,28)(H,24,29)/p-1. The molecule has 1 aromatic heterocycles. The molecule has 8 heteroatoms. The van der Waals surface area contributed by atoms with Crippen LogP contribution < -0.4 is 10.4 Å². The second-order valence-electron chi connectivity index (χ2n) is 6.97. The topological polar surface area (TPSA) is 95.2 Å². The molecule has 0 atom stereocenters. The molecule has 1 aliphatic rings. The van der Waals surface area contributed by atoms with E-state index in [1.807, 2.05) is 37.3 Å². The Morgan fingerprint density at radius 1 is 1.20 bits per heavy atom. The predicted octanol–water partition coefficient (Wildman–Crippen LogP) is 2.58. The molecule has 0 unspecified atom stereocenters. The van der Waals surface area contributed by atoms with E-state index in [0.717, 1.165) is 29.1 Å². The lowest BCUT2D eigenvalue weighted by Gasteiger charge is -2.12. The maximum atomic E-state index is 12.7. The van der Waals surface area contributed by atoms with Gasteiger partial charge in [0, 0.05) is 23.2 Å². The van der Waals surface area contributed by atoms with E-state index >= 15 is 0 Å². The fraction of sp³-hybridized carbons (Fsp3) is 0.273. The number of thioether (sulfide) groups is 1. The zero-order valence-corrected chi connectivity index (χ0v) is 17.4. The first kappa shape index (κ1) is 20.2. The SMILES string of the molecule is CCN=C([O-])c1ccc(-n2nnc(C(=O)NC3CC3)c2CSc2ccccc2)cc1. The van der Waals surface area contributed by atoms with Gasteiger partial charge in [-0.25, -0.2) is 4.68 Å². The molecule has 2 aromatic carbocycles. The third kappa shape index (κ3) is 4.71. The number of hydrogen-bond donors (Lipinski definition) is 1. The summed E-state index contributed by atoms with van der Waals surface area (Å²) >= 11 is 1.62. The van der Waals surface area contributed by atoms with E-state index in [2.05, 4.69) is 20.6 Å². The van der Waals surface area contributed by atoms with Crippen LogP contribution in [0.2, 0.25) is 0 Å². The molecule has 3 aromatic rings. The molecule has 30 heavy (non-hydrogen) atoms. The van der Waals surface area contributed by atoms with E-state index in [4.69, 9.17) is 0 Å². The number of aromatic nitrogens is 3. The Hall–Kier alpha value is -3.13. The van der Waals surface area contributed by atoms with Gasteiger partial charge in [0.1, 0.15) is 0 Å². The van der Waals surface area contributed by atoms with Gasteiger partial charge < -0.3 is 15.4 Å². The Morgan fingerprint density at radius 2 is 1.93 bits per heavy atom. The lowest BCUT2D eigenvalue weighted by atomic mass is 10.2. The summed E-state index contributed by atoms with van der Waals surface area (Å²) in [5, 5.41) is 23.4. The second-order valence-corrected chi connectivity index (χ2v) is 8.02. The molecule has 4 rings (SSSR count). The van der Waals surface area contributed by atoms with E-state index < -0.39 is 0 Å². The third-order valence-electron chi connectivity index (χ3n) is 4.67. The second kappa shape index (κ2) is 9.13. The highest BCUT2D eigenvalue weighted by atomic mass is 32.2. The lowest BCUT2D eigenvalue weighted by molar-refractivity contribution is -0.213. The van der Waals surface area contributed by atoms with E-state index in [0.29, 0.717) is 23.6 Å². The normalized spacial score (nSPS) is 14.0. The summed E-state index contributed by atoms with van der Waals surface area (Å²) in [6, 6.07) is 17.3. The Labute approximate surface area is 179 Å². The van der Waals surface area contributed by atoms with Crippen LogP contribution >= 0.6 is 11.8 Å². The number of nitrogens with one attached hydrogen (secondary N) is 1. The van der Waals surface area contributed by atoms with Gasteiger partial charge in [0.15, 0.2) is 5.69 Å². The van der Waals surface area contributed by atoms with Crippen molar-refractivity contribution in [2.75, 3.05) is 6.54 Å². The Kier molecular flexibility index (Phi) is 6.13. The van der Waals surface area contributed by atoms with Crippen molar-refractivity contribution < 1.29 is 9.90 Å². The summed E-state index contributed by atoms with van der Waals surface area (Å²) in [4.78, 5) is 17.7. The summed E-state index contributed by atoms with van der Waals surface area (Å²) in [6.07, 6.45) is 2.01. The fourth-order valence-corrected chi connectivity index (χ4v) is 3.86. The van der Waals surface area contributed by atoms with Crippen molar-refractivity contribution in [2.24, 2.45) is 4.99 Å². The van der Waals surface area contributed by atoms with Crippen molar-refractivity contribution >= 4 is 23.6 Å². The van der Waals surface area contributed by atoms with Crippen LogP contribution in [0.3, 0.4) is 0 Å². The molecule has 0 spiro atoms. The quantitative estimate of drug-likeness (QED) is 0.343. The first-order valence-corrected chi connectivity index (χ1v) is 10.9. The summed E-state index contributed by atoms with van der Waals surface area (Å²) < 4.78 is 1.67. The Balaban J connectivity index is 1.63. The molecule has 0 bridgehead atoms. The molecule has 154 valence electrons. The molecule has 1 heterocycles. The zero-order chi connectivity index (χ0) is 20.9. The molecule has 0 saturated heterocycles. The van der Waals surface area contributed by atoms with Crippen LogP contribution in [-0.4, -0.2) is 39.4 Å². The number of rotatable bonds is 8. The third-order valence-corrected chi connectivity index (χ3v) is 5.69. The molecular weight excluding hydrogens is 398 g/mol. The smallest absolute Gasteiger partial charge is 0.274 e. The first-order valence-electron chi connectivity index (χ1n) is 9.91. The summed E-state index contributed by atoms with van der Waals surface area (Å²) in [5.41, 5.74) is 2.32. The van der Waals surface area contributed by atoms with Crippen LogP contribution in [-0.2, 0) is 5.75 Å². The number of hydrogen-bond acceptors (Lipinski definition) is 6. The summed E-state index contributed by atoms with van der Waals surface area (Å²) in [5.74, 6) is 0.101. The van der Waals surface area contributed by atoms with Crippen molar-refractivity contribution in [1.82, 2.24) is 20.3 Å². The minimum Gasteiger partial charge on any atom is -0.858 e. The van der Waals surface area contributed by atoms with Crippen molar-refractivity contribution in [3.05, 3.63) is 71.5 Å². The number of carbonyl (C=O) groups is 1. The van der Waals surface area contributed by atoms with Crippen molar-refractivity contribution in [3.8, 4) is 5.69 Å². The largest absolute Gasteiger partial charge is 0.858 e. The average molecular weight is 421 g/mol. The molecule has 1 saturated carbocycles. The highest BCUT2D eigenvalue weighted by molar-refractivity contribution is 7.98. The van der Waals surface area contributed by atoms with Crippen LogP contribution in [0.1, 0.15) is 41.5 Å². The number of aliphatic imine (C=N–C) groups is 1. The highest BCUT2D eigenvalue weighted by Gasteiger charge is 2.27. The van der Waals surface area contributed by atoms with Crippen LogP contribution in [0.5, 0.6) is 0 Å². The van der Waals surface area contributed by atoms with E-state index in [1.54, 1.807) is 40.7 Å². The minimum absolute atomic E-state index is 0.194. The molecule has 0 radical (unpaired) electrons. The summed E-state index contributed by atoms with van der Waals surface area (Å²) in [6.45, 7) is 2.27. The van der Waals surface area contributed by atoms with Crippen LogP contribution in [0.4, 0.5) is 0 Å². The monoisotopic (exact) mass is 420 g/mol. The highest BCUT2D eigenvalue weighted by Crippen LogP contribution is 2.26. The Morgan fingerprint density at radius 3 is 2.60 bits per heavy atom. The molecule has 1 fully saturated rings. The minimum atomic E-state index is -0.244. The lowest BCUT2D eigenvalue weighted by Crippen LogP contribution is -2.26. The zero-order valence-electron chi connectivity index (χ0n) is 16.6. The number of benzene rings is 2. The summed E-state index contributed by atoms with van der Waals surface area (Å²) in [7, 11) is 0. The van der Waals surface area contributed by atoms with Crippen LogP contribution in [0.25, 0.3) is 5.69 Å². The van der Waals surface area contributed by atoms with E-state index in [-0.39, 0.29) is 17.8 Å². The van der Waals surface area contributed by atoms with Gasteiger partial charge in [-0.1, -0.05) is 35.5 Å². The van der Waals surface area contributed by atoms with Crippen molar-refractivity contribution in [2.45, 2.75) is 36.5 Å². The van der Waals surface area contributed by atoms with Gasteiger partial charge in [-0.05, 0) is 55.5 Å². The molecule has 1 amide bonds. The average Bonchev–Trinajstić information content (AvgIpc) is 3.48. The van der Waals surface area contributed by atoms with Gasteiger partial charge in [0.05, 0.1) is 11.4 Å². The number of carbonyl (C=O) groups excluding carboxylic acids is 1. The van der Waals surface area contributed by atoms with Gasteiger partial charge in [0.2, 0.25) is 0 Å². The molecule has 7 nitrogen and oxygen atoms in total. The maximum absolute atomic E-state index is 12.7. The number of nitrogens with zero attached hydrogens (tertiary/aromatic N) is 4. The molecule has 0 aliphatic heterocycles. The fourth-order valence-electron chi connectivity index (χ4n) is 2.94. The van der Waals surface area contributed by atoms with Crippen LogP contribution in [0.15, 0.2) is 64.5 Å². The molecule has 1 aliphatic carbocycles. The Bertz CT molecular complexity index is 1040. The van der Waals surface area contributed by atoms with Crippen molar-refractivity contribution in [1.29, 1.82) is 0 Å². The molecular formula is C22H22N5O2S-. The predicted molar refractivity (Wildman–Crippen MR) is 115 cm³/mol. The van der Waals surface area contributed by atoms with E-state index in [1.165, 1.54) is 0 Å². The number of amides is 1. The van der Waals surface area contributed by atoms with Crippen molar-refractivity contribution in [3.63, 3.8) is 0 Å². The first-order chi connectivity index (χ1) is 14.7. The van der Waals surface area contributed by atoms with E-state index in [9.17, 15) is 9.90 Å². The van der Waals surface area contributed by atoms with Gasteiger partial charge >= 0.3 is 0 Å². The van der Waals surface area contributed by atoms with Gasteiger partial charge in [-0.2, -0.15) is 0 Å². The van der Waals surface area contributed by atoms with Gasteiger partial charge in [0.25, 0.3) is 5.91 Å².